The number of carbonyl (C=O) groups excluding carboxylic acids is 1. The fourth-order valence-corrected chi connectivity index (χ4v) is 2.48. The lowest BCUT2D eigenvalue weighted by Gasteiger charge is -2.26. The van der Waals surface area contributed by atoms with Crippen LogP contribution in [-0.4, -0.2) is 12.5 Å². The second kappa shape index (κ2) is 7.60. The highest BCUT2D eigenvalue weighted by Crippen LogP contribution is 2.24. The number of nitrogens with two attached hydrogens (primary N) is 1. The van der Waals surface area contributed by atoms with E-state index in [4.69, 9.17) is 5.73 Å². The quantitative estimate of drug-likeness (QED) is 0.843. The summed E-state index contributed by atoms with van der Waals surface area (Å²) in [5, 5.41) is 3.09. The van der Waals surface area contributed by atoms with Crippen LogP contribution in [0.1, 0.15) is 58.2 Å². The molecule has 0 saturated carbocycles. The molecule has 3 N–H and O–H groups in total. The van der Waals surface area contributed by atoms with Gasteiger partial charge in [0, 0.05) is 6.54 Å². The Morgan fingerprint density at radius 2 is 1.81 bits per heavy atom. The van der Waals surface area contributed by atoms with E-state index in [1.807, 2.05) is 6.92 Å². The first-order valence-electron chi connectivity index (χ1n) is 7.86. The molecule has 0 saturated heterocycles. The van der Waals surface area contributed by atoms with E-state index in [2.05, 4.69) is 57.3 Å². The van der Waals surface area contributed by atoms with Crippen molar-refractivity contribution in [1.29, 1.82) is 0 Å². The van der Waals surface area contributed by atoms with E-state index < -0.39 is 0 Å². The molecule has 0 radical (unpaired) electrons. The lowest BCUT2D eigenvalue weighted by molar-refractivity contribution is -0.126. The molecule has 0 aliphatic heterocycles. The third-order valence-electron chi connectivity index (χ3n) is 3.76. The Morgan fingerprint density at radius 3 is 2.24 bits per heavy atom. The summed E-state index contributed by atoms with van der Waals surface area (Å²) < 4.78 is 0. The van der Waals surface area contributed by atoms with E-state index >= 15 is 0 Å². The number of hydrogen-bond donors (Lipinski definition) is 2. The van der Waals surface area contributed by atoms with Crippen molar-refractivity contribution in [3.63, 3.8) is 0 Å². The summed E-state index contributed by atoms with van der Waals surface area (Å²) in [7, 11) is 0. The maximum absolute atomic E-state index is 12.4. The number of hydrogen-bond acceptors (Lipinski definition) is 2. The van der Waals surface area contributed by atoms with Gasteiger partial charge in [0.25, 0.3) is 0 Å². The molecule has 0 heterocycles. The van der Waals surface area contributed by atoms with Crippen LogP contribution in [0.5, 0.6) is 0 Å². The number of aryl methyl sites for hydroxylation is 1. The van der Waals surface area contributed by atoms with Crippen LogP contribution in [0, 0.1) is 11.3 Å². The number of amides is 1. The largest absolute Gasteiger partial charge is 0.349 e. The molecule has 0 spiro atoms. The summed E-state index contributed by atoms with van der Waals surface area (Å²) in [6.07, 6.45) is 1.83. The zero-order valence-electron chi connectivity index (χ0n) is 14.1. The van der Waals surface area contributed by atoms with Gasteiger partial charge in [0.2, 0.25) is 5.91 Å². The van der Waals surface area contributed by atoms with Gasteiger partial charge in [-0.1, -0.05) is 52.0 Å². The minimum absolute atomic E-state index is 0.0115. The third-order valence-corrected chi connectivity index (χ3v) is 3.76. The molecule has 1 aromatic rings. The molecule has 1 amide bonds. The SMILES string of the molecule is CCc1ccc(C(C)NC(=O)C(CN)CC(C)(C)C)cc1. The monoisotopic (exact) mass is 290 g/mol. The van der Waals surface area contributed by atoms with Gasteiger partial charge in [-0.25, -0.2) is 0 Å². The molecule has 0 aliphatic rings. The lowest BCUT2D eigenvalue weighted by Crippen LogP contribution is -2.38. The standard InChI is InChI=1S/C18H30N2O/c1-6-14-7-9-15(10-8-14)13(2)20-17(21)16(12-19)11-18(3,4)5/h7-10,13,16H,6,11-12,19H2,1-5H3,(H,20,21). The van der Waals surface area contributed by atoms with Crippen molar-refractivity contribution in [2.24, 2.45) is 17.1 Å². The van der Waals surface area contributed by atoms with Gasteiger partial charge in [-0.3, -0.25) is 4.79 Å². The average molecular weight is 290 g/mol. The molecule has 0 fully saturated rings. The van der Waals surface area contributed by atoms with Gasteiger partial charge in [0.05, 0.1) is 12.0 Å². The maximum atomic E-state index is 12.4. The van der Waals surface area contributed by atoms with E-state index in [1.54, 1.807) is 0 Å². The Morgan fingerprint density at radius 1 is 1.24 bits per heavy atom. The molecule has 0 aromatic heterocycles. The second-order valence-corrected chi connectivity index (χ2v) is 7.02. The third kappa shape index (κ3) is 5.88. The minimum atomic E-state index is -0.123. The molecule has 3 heteroatoms. The predicted molar refractivity (Wildman–Crippen MR) is 89.0 cm³/mol. The first kappa shape index (κ1) is 17.7. The average Bonchev–Trinajstić information content (AvgIpc) is 2.43. The molecule has 1 aromatic carbocycles. The first-order chi connectivity index (χ1) is 9.76. The molecule has 0 aliphatic carbocycles. The van der Waals surface area contributed by atoms with Gasteiger partial charge in [-0.2, -0.15) is 0 Å². The summed E-state index contributed by atoms with van der Waals surface area (Å²) in [6, 6.07) is 8.43. The zero-order valence-corrected chi connectivity index (χ0v) is 14.1. The van der Waals surface area contributed by atoms with Gasteiger partial charge in [0.15, 0.2) is 0 Å². The maximum Gasteiger partial charge on any atom is 0.224 e. The van der Waals surface area contributed by atoms with Crippen LogP contribution < -0.4 is 11.1 Å². The smallest absolute Gasteiger partial charge is 0.224 e. The molecule has 118 valence electrons. The Labute approximate surface area is 129 Å². The molecule has 1 rings (SSSR count). The Bertz CT molecular complexity index is 445. The van der Waals surface area contributed by atoms with Crippen LogP contribution >= 0.6 is 0 Å². The Hall–Kier alpha value is -1.35. The second-order valence-electron chi connectivity index (χ2n) is 7.02. The van der Waals surface area contributed by atoms with Crippen molar-refractivity contribution in [2.75, 3.05) is 6.54 Å². The summed E-state index contributed by atoms with van der Waals surface area (Å²) >= 11 is 0. The van der Waals surface area contributed by atoms with E-state index in [9.17, 15) is 4.79 Å². The van der Waals surface area contributed by atoms with Gasteiger partial charge < -0.3 is 11.1 Å². The summed E-state index contributed by atoms with van der Waals surface area (Å²) in [4.78, 5) is 12.4. The van der Waals surface area contributed by atoms with Crippen molar-refractivity contribution < 1.29 is 4.79 Å². The van der Waals surface area contributed by atoms with Crippen LogP contribution in [0.25, 0.3) is 0 Å². The van der Waals surface area contributed by atoms with Crippen molar-refractivity contribution >= 4 is 5.91 Å². The van der Waals surface area contributed by atoms with Crippen molar-refractivity contribution in [1.82, 2.24) is 5.32 Å². The minimum Gasteiger partial charge on any atom is -0.349 e. The van der Waals surface area contributed by atoms with Crippen LogP contribution in [0.3, 0.4) is 0 Å². The van der Waals surface area contributed by atoms with Crippen LogP contribution in [0.2, 0.25) is 0 Å². The van der Waals surface area contributed by atoms with Gasteiger partial charge in [0.1, 0.15) is 0 Å². The van der Waals surface area contributed by atoms with E-state index in [0.29, 0.717) is 6.54 Å². The summed E-state index contributed by atoms with van der Waals surface area (Å²) in [6.45, 7) is 11.0. The van der Waals surface area contributed by atoms with Crippen LogP contribution in [0.15, 0.2) is 24.3 Å². The molecule has 21 heavy (non-hydrogen) atoms. The van der Waals surface area contributed by atoms with Gasteiger partial charge >= 0.3 is 0 Å². The van der Waals surface area contributed by atoms with Gasteiger partial charge in [-0.05, 0) is 36.3 Å². The molecule has 2 unspecified atom stereocenters. The topological polar surface area (TPSA) is 55.1 Å². The van der Waals surface area contributed by atoms with Gasteiger partial charge in [-0.15, -0.1) is 0 Å². The fraction of sp³-hybridized carbons (Fsp3) is 0.611. The fourth-order valence-electron chi connectivity index (χ4n) is 2.48. The van der Waals surface area contributed by atoms with E-state index in [0.717, 1.165) is 18.4 Å². The van der Waals surface area contributed by atoms with Crippen molar-refractivity contribution in [2.45, 2.75) is 53.5 Å². The summed E-state index contributed by atoms with van der Waals surface area (Å²) in [5.74, 6) is -0.0677. The van der Waals surface area contributed by atoms with E-state index in [1.165, 1.54) is 5.56 Å². The molecule has 0 bridgehead atoms. The van der Waals surface area contributed by atoms with E-state index in [-0.39, 0.29) is 23.3 Å². The molecular weight excluding hydrogens is 260 g/mol. The van der Waals surface area contributed by atoms with Crippen LogP contribution in [0.4, 0.5) is 0 Å². The lowest BCUT2D eigenvalue weighted by atomic mass is 9.84. The predicted octanol–water partition coefficient (Wildman–Crippen LogP) is 3.44. The molecule has 2 atom stereocenters. The number of nitrogens with one attached hydrogen (secondary N) is 1. The number of carbonyl (C=O) groups is 1. The highest BCUT2D eigenvalue weighted by Gasteiger charge is 2.24. The highest BCUT2D eigenvalue weighted by atomic mass is 16.1. The highest BCUT2D eigenvalue weighted by molar-refractivity contribution is 5.79. The molecule has 3 nitrogen and oxygen atoms in total. The summed E-state index contributed by atoms with van der Waals surface area (Å²) in [5.41, 5.74) is 8.32. The Balaban J connectivity index is 2.67. The Kier molecular flexibility index (Phi) is 6.41. The first-order valence-corrected chi connectivity index (χ1v) is 7.86. The van der Waals surface area contributed by atoms with Crippen LogP contribution in [-0.2, 0) is 11.2 Å². The van der Waals surface area contributed by atoms with Crippen molar-refractivity contribution in [3.05, 3.63) is 35.4 Å². The normalized spacial score (nSPS) is 14.6. The zero-order chi connectivity index (χ0) is 16.0. The number of benzene rings is 1. The number of rotatable bonds is 6. The van der Waals surface area contributed by atoms with Crippen molar-refractivity contribution in [3.8, 4) is 0 Å². The molecular formula is C18H30N2O.